The molecule has 0 fully saturated rings. The number of carbonyl (C=O) groups excluding carboxylic acids is 2. The highest BCUT2D eigenvalue weighted by atomic mass is 19.1. The number of rotatable bonds is 5. The second-order valence-electron chi connectivity index (χ2n) is 4.04. The van der Waals surface area contributed by atoms with Crippen LogP contribution in [-0.2, 0) is 9.53 Å². The van der Waals surface area contributed by atoms with Gasteiger partial charge in [-0.2, -0.15) is 0 Å². The average Bonchev–Trinajstić information content (AvgIpc) is 2.40. The maximum absolute atomic E-state index is 13.6. The lowest BCUT2D eigenvalue weighted by molar-refractivity contribution is -0.141. The van der Waals surface area contributed by atoms with E-state index in [9.17, 15) is 14.0 Å². The summed E-state index contributed by atoms with van der Waals surface area (Å²) in [5.74, 6) is -1.78. The molecule has 1 aromatic rings. The molecule has 0 aliphatic heterocycles. The number of nitrogens with two attached hydrogens (primary N) is 1. The summed E-state index contributed by atoms with van der Waals surface area (Å²) in [7, 11) is 1.23. The molecule has 2 N–H and O–H groups in total. The van der Waals surface area contributed by atoms with Crippen LogP contribution in [0.25, 0.3) is 0 Å². The molecule has 19 heavy (non-hydrogen) atoms. The molecule has 0 aliphatic rings. The van der Waals surface area contributed by atoms with Gasteiger partial charge in [0.15, 0.2) is 0 Å². The molecule has 1 rings (SSSR count). The van der Waals surface area contributed by atoms with Gasteiger partial charge in [-0.15, -0.1) is 0 Å². The van der Waals surface area contributed by atoms with Gasteiger partial charge in [0.2, 0.25) is 0 Å². The number of methoxy groups -OCH3 is 1. The molecule has 0 unspecified atom stereocenters. The van der Waals surface area contributed by atoms with Crippen molar-refractivity contribution in [2.45, 2.75) is 13.3 Å². The van der Waals surface area contributed by atoms with E-state index < -0.39 is 17.7 Å². The minimum atomic E-state index is -0.662. The van der Waals surface area contributed by atoms with Crippen LogP contribution in [0.2, 0.25) is 0 Å². The Morgan fingerprint density at radius 1 is 1.42 bits per heavy atom. The van der Waals surface area contributed by atoms with Gasteiger partial charge in [-0.25, -0.2) is 4.39 Å². The van der Waals surface area contributed by atoms with Gasteiger partial charge in [0.25, 0.3) is 5.91 Å². The monoisotopic (exact) mass is 268 g/mol. The van der Waals surface area contributed by atoms with Crippen LogP contribution in [0.1, 0.15) is 23.7 Å². The van der Waals surface area contributed by atoms with Crippen LogP contribution < -0.4 is 5.73 Å². The Bertz CT molecular complexity index is 477. The molecule has 1 aromatic carbocycles. The summed E-state index contributed by atoms with van der Waals surface area (Å²) in [5, 5.41) is 0. The van der Waals surface area contributed by atoms with Crippen LogP contribution >= 0.6 is 0 Å². The zero-order chi connectivity index (χ0) is 14.4. The fourth-order valence-corrected chi connectivity index (χ4v) is 1.62. The predicted octanol–water partition coefficient (Wildman–Crippen LogP) is 1.43. The SMILES string of the molecule is CCCN(CC(=O)OC)C(=O)c1cc(N)ccc1F. The molecule has 0 atom stereocenters. The van der Waals surface area contributed by atoms with Gasteiger partial charge >= 0.3 is 5.97 Å². The lowest BCUT2D eigenvalue weighted by atomic mass is 10.1. The van der Waals surface area contributed by atoms with E-state index in [0.29, 0.717) is 18.7 Å². The summed E-state index contributed by atoms with van der Waals surface area (Å²) in [6.45, 7) is 1.98. The van der Waals surface area contributed by atoms with Crippen molar-refractivity contribution in [2.75, 3.05) is 25.9 Å². The Morgan fingerprint density at radius 2 is 2.11 bits per heavy atom. The van der Waals surface area contributed by atoms with Crippen molar-refractivity contribution in [3.63, 3.8) is 0 Å². The number of ether oxygens (including phenoxy) is 1. The van der Waals surface area contributed by atoms with E-state index in [0.717, 1.165) is 6.07 Å². The van der Waals surface area contributed by atoms with Gasteiger partial charge in [0.1, 0.15) is 12.4 Å². The van der Waals surface area contributed by atoms with E-state index in [-0.39, 0.29) is 12.1 Å². The minimum Gasteiger partial charge on any atom is -0.468 e. The van der Waals surface area contributed by atoms with Crippen molar-refractivity contribution in [2.24, 2.45) is 0 Å². The number of hydrogen-bond acceptors (Lipinski definition) is 4. The number of carbonyl (C=O) groups is 2. The Hall–Kier alpha value is -2.11. The maximum atomic E-state index is 13.6. The highest BCUT2D eigenvalue weighted by Gasteiger charge is 2.21. The van der Waals surface area contributed by atoms with Crippen LogP contribution in [-0.4, -0.2) is 37.0 Å². The zero-order valence-corrected chi connectivity index (χ0v) is 11.0. The summed E-state index contributed by atoms with van der Waals surface area (Å²) < 4.78 is 18.1. The molecule has 104 valence electrons. The third-order valence-electron chi connectivity index (χ3n) is 2.55. The Morgan fingerprint density at radius 3 is 2.68 bits per heavy atom. The van der Waals surface area contributed by atoms with E-state index >= 15 is 0 Å². The summed E-state index contributed by atoms with van der Waals surface area (Å²) in [5.41, 5.74) is 5.69. The Balaban J connectivity index is 2.98. The first-order chi connectivity index (χ1) is 8.99. The van der Waals surface area contributed by atoms with Crippen LogP contribution in [0.15, 0.2) is 18.2 Å². The number of esters is 1. The van der Waals surface area contributed by atoms with Crippen LogP contribution in [0.5, 0.6) is 0 Å². The highest BCUT2D eigenvalue weighted by molar-refractivity contribution is 5.97. The van der Waals surface area contributed by atoms with Crippen molar-refractivity contribution < 1.29 is 18.7 Å². The molecule has 0 aromatic heterocycles. The maximum Gasteiger partial charge on any atom is 0.325 e. The number of benzene rings is 1. The normalized spacial score (nSPS) is 10.1. The first-order valence-corrected chi connectivity index (χ1v) is 5.90. The van der Waals surface area contributed by atoms with E-state index in [2.05, 4.69) is 4.74 Å². The first kappa shape index (κ1) is 14.9. The smallest absolute Gasteiger partial charge is 0.325 e. The fourth-order valence-electron chi connectivity index (χ4n) is 1.62. The average molecular weight is 268 g/mol. The van der Waals surface area contributed by atoms with Gasteiger partial charge < -0.3 is 15.4 Å². The van der Waals surface area contributed by atoms with Crippen LogP contribution in [0.4, 0.5) is 10.1 Å². The summed E-state index contributed by atoms with van der Waals surface area (Å²) >= 11 is 0. The predicted molar refractivity (Wildman–Crippen MR) is 69.0 cm³/mol. The van der Waals surface area contributed by atoms with Crippen molar-refractivity contribution >= 4 is 17.6 Å². The van der Waals surface area contributed by atoms with Crippen LogP contribution in [0, 0.1) is 5.82 Å². The quantitative estimate of drug-likeness (QED) is 0.647. The third-order valence-corrected chi connectivity index (χ3v) is 2.55. The van der Waals surface area contributed by atoms with Crippen molar-refractivity contribution in [3.05, 3.63) is 29.6 Å². The second kappa shape index (κ2) is 6.72. The Kier molecular flexibility index (Phi) is 5.29. The molecule has 0 spiro atoms. The molecule has 0 saturated carbocycles. The molecule has 1 amide bonds. The van der Waals surface area contributed by atoms with Crippen molar-refractivity contribution in [1.29, 1.82) is 0 Å². The van der Waals surface area contributed by atoms with E-state index in [1.165, 1.54) is 24.1 Å². The molecule has 0 heterocycles. The zero-order valence-electron chi connectivity index (χ0n) is 11.0. The topological polar surface area (TPSA) is 72.6 Å². The number of nitrogens with zero attached hydrogens (tertiary/aromatic N) is 1. The molecule has 0 radical (unpaired) electrons. The standard InChI is InChI=1S/C13H17FN2O3/c1-3-6-16(8-12(17)19-2)13(18)10-7-9(15)4-5-11(10)14/h4-5,7H,3,6,8,15H2,1-2H3. The van der Waals surface area contributed by atoms with Gasteiger partial charge in [0, 0.05) is 12.2 Å². The molecule has 6 heteroatoms. The van der Waals surface area contributed by atoms with Gasteiger partial charge in [-0.05, 0) is 24.6 Å². The second-order valence-corrected chi connectivity index (χ2v) is 4.04. The number of hydrogen-bond donors (Lipinski definition) is 1. The number of amides is 1. The van der Waals surface area contributed by atoms with E-state index in [1.54, 1.807) is 0 Å². The summed E-state index contributed by atoms with van der Waals surface area (Å²) in [6.07, 6.45) is 0.646. The molecule has 0 saturated heterocycles. The van der Waals surface area contributed by atoms with Crippen molar-refractivity contribution in [1.82, 2.24) is 4.90 Å². The van der Waals surface area contributed by atoms with E-state index in [4.69, 9.17) is 5.73 Å². The van der Waals surface area contributed by atoms with E-state index in [1.807, 2.05) is 6.92 Å². The first-order valence-electron chi connectivity index (χ1n) is 5.90. The van der Waals surface area contributed by atoms with Gasteiger partial charge in [-0.3, -0.25) is 9.59 Å². The summed E-state index contributed by atoms with van der Waals surface area (Å²) in [4.78, 5) is 24.7. The molecule has 0 bridgehead atoms. The number of halogens is 1. The van der Waals surface area contributed by atoms with Gasteiger partial charge in [-0.1, -0.05) is 6.92 Å². The summed E-state index contributed by atoms with van der Waals surface area (Å²) in [6, 6.07) is 3.76. The number of nitrogen functional groups attached to an aromatic ring is 1. The van der Waals surface area contributed by atoms with Crippen LogP contribution in [0.3, 0.4) is 0 Å². The fraction of sp³-hybridized carbons (Fsp3) is 0.385. The third kappa shape index (κ3) is 3.94. The molecular weight excluding hydrogens is 251 g/mol. The largest absolute Gasteiger partial charge is 0.468 e. The van der Waals surface area contributed by atoms with Gasteiger partial charge in [0.05, 0.1) is 12.7 Å². The highest BCUT2D eigenvalue weighted by Crippen LogP contribution is 2.14. The lowest BCUT2D eigenvalue weighted by Gasteiger charge is -2.21. The Labute approximate surface area is 111 Å². The molecular formula is C13H17FN2O3. The van der Waals surface area contributed by atoms with Crippen molar-refractivity contribution in [3.8, 4) is 0 Å². The minimum absolute atomic E-state index is 0.141. The molecule has 0 aliphatic carbocycles. The molecule has 5 nitrogen and oxygen atoms in total. The lowest BCUT2D eigenvalue weighted by Crippen LogP contribution is -2.37. The number of anilines is 1.